The summed E-state index contributed by atoms with van der Waals surface area (Å²) in [6.07, 6.45) is 0. The van der Waals surface area contributed by atoms with Gasteiger partial charge in [-0.25, -0.2) is 9.18 Å². The van der Waals surface area contributed by atoms with Crippen molar-refractivity contribution in [2.75, 3.05) is 11.5 Å². The van der Waals surface area contributed by atoms with E-state index in [0.29, 0.717) is 11.4 Å². The van der Waals surface area contributed by atoms with Crippen LogP contribution >= 0.6 is 0 Å². The van der Waals surface area contributed by atoms with Crippen molar-refractivity contribution < 1.29 is 23.5 Å². The number of para-hydroxylation sites is 2. The van der Waals surface area contributed by atoms with Crippen LogP contribution in [0.3, 0.4) is 0 Å². The summed E-state index contributed by atoms with van der Waals surface area (Å²) < 4.78 is 18.3. The molecule has 0 unspecified atom stereocenters. The summed E-state index contributed by atoms with van der Waals surface area (Å²) in [5, 5.41) is 0. The predicted octanol–water partition coefficient (Wildman–Crippen LogP) is 5.84. The first-order valence-corrected chi connectivity index (χ1v) is 10.5. The number of nitrogens with zero attached hydrogens (tertiary/aromatic N) is 1. The summed E-state index contributed by atoms with van der Waals surface area (Å²) in [6, 6.07) is 29.4. The van der Waals surface area contributed by atoms with Crippen molar-refractivity contribution in [1.82, 2.24) is 0 Å². The van der Waals surface area contributed by atoms with E-state index < -0.39 is 30.1 Å². The molecule has 0 spiro atoms. The lowest BCUT2D eigenvalue weighted by Gasteiger charge is -2.24. The molecule has 0 saturated heterocycles. The van der Waals surface area contributed by atoms with Crippen LogP contribution in [-0.4, -0.2) is 24.3 Å². The highest BCUT2D eigenvalue weighted by molar-refractivity contribution is 6.15. The topological polar surface area (TPSA) is 63.7 Å². The maximum Gasteiger partial charge on any atom is 0.339 e. The minimum absolute atomic E-state index is 0.0382. The number of hydrogen-bond donors (Lipinski definition) is 0. The van der Waals surface area contributed by atoms with Gasteiger partial charge in [-0.3, -0.25) is 14.5 Å². The Morgan fingerprint density at radius 2 is 1.15 bits per heavy atom. The van der Waals surface area contributed by atoms with Crippen LogP contribution in [0.5, 0.6) is 0 Å². The average molecular weight is 453 g/mol. The highest BCUT2D eigenvalue weighted by Crippen LogP contribution is 2.28. The fourth-order valence-corrected chi connectivity index (χ4v) is 3.43. The molecule has 34 heavy (non-hydrogen) atoms. The molecule has 0 fully saturated rings. The second-order valence-electron chi connectivity index (χ2n) is 7.36. The van der Waals surface area contributed by atoms with Gasteiger partial charge in [0.2, 0.25) is 0 Å². The number of halogens is 1. The number of carbonyl (C=O) groups is 3. The molecule has 4 aromatic carbocycles. The van der Waals surface area contributed by atoms with E-state index in [1.807, 2.05) is 36.4 Å². The highest BCUT2D eigenvalue weighted by atomic mass is 19.1. The van der Waals surface area contributed by atoms with Gasteiger partial charge in [0.05, 0.1) is 11.1 Å². The van der Waals surface area contributed by atoms with Gasteiger partial charge in [0.1, 0.15) is 5.82 Å². The van der Waals surface area contributed by atoms with Crippen LogP contribution in [-0.2, 0) is 4.74 Å². The summed E-state index contributed by atoms with van der Waals surface area (Å²) >= 11 is 0. The molecule has 0 radical (unpaired) electrons. The first-order valence-electron chi connectivity index (χ1n) is 10.5. The molecular weight excluding hydrogens is 433 g/mol. The quantitative estimate of drug-likeness (QED) is 0.260. The van der Waals surface area contributed by atoms with E-state index in [2.05, 4.69) is 0 Å². The monoisotopic (exact) mass is 453 g/mol. The van der Waals surface area contributed by atoms with Crippen LogP contribution in [0.2, 0.25) is 0 Å². The fourth-order valence-electron chi connectivity index (χ4n) is 3.43. The van der Waals surface area contributed by atoms with Crippen molar-refractivity contribution in [3.05, 3.63) is 132 Å². The standard InChI is InChI=1S/C28H20FNO4/c29-21-17-15-20(16-18-21)26(31)19-34-28(33)25-14-8-7-13-24(25)27(32)30(22-9-3-1-4-10-22)23-11-5-2-6-12-23/h1-18H,19H2. The molecular formula is C28H20FNO4. The molecule has 0 aliphatic rings. The Balaban J connectivity index is 1.60. The molecule has 0 N–H and O–H groups in total. The zero-order valence-corrected chi connectivity index (χ0v) is 18.1. The third-order valence-electron chi connectivity index (χ3n) is 5.11. The largest absolute Gasteiger partial charge is 0.454 e. The maximum absolute atomic E-state index is 13.7. The number of ether oxygens (including phenoxy) is 1. The lowest BCUT2D eigenvalue weighted by Crippen LogP contribution is -2.28. The van der Waals surface area contributed by atoms with Crippen LogP contribution in [0.25, 0.3) is 0 Å². The molecule has 0 aliphatic carbocycles. The molecule has 0 aliphatic heterocycles. The van der Waals surface area contributed by atoms with Crippen LogP contribution < -0.4 is 4.90 Å². The molecule has 168 valence electrons. The Hall–Kier alpha value is -4.58. The third-order valence-corrected chi connectivity index (χ3v) is 5.11. The lowest BCUT2D eigenvalue weighted by atomic mass is 10.1. The third kappa shape index (κ3) is 5.07. The van der Waals surface area contributed by atoms with E-state index in [1.165, 1.54) is 23.1 Å². The summed E-state index contributed by atoms with van der Waals surface area (Å²) in [6.45, 7) is -0.534. The number of Topliss-reactive ketones (excluding diaryl/α,β-unsaturated/α-hetero) is 1. The molecule has 0 heterocycles. The van der Waals surface area contributed by atoms with Crippen LogP contribution in [0, 0.1) is 5.82 Å². The van der Waals surface area contributed by atoms with Crippen molar-refractivity contribution in [3.63, 3.8) is 0 Å². The van der Waals surface area contributed by atoms with Gasteiger partial charge >= 0.3 is 5.97 Å². The Morgan fingerprint density at radius 1 is 0.647 bits per heavy atom. The first kappa shape index (κ1) is 22.6. The zero-order valence-electron chi connectivity index (χ0n) is 18.1. The van der Waals surface area contributed by atoms with Gasteiger partial charge in [0, 0.05) is 16.9 Å². The molecule has 0 saturated carbocycles. The van der Waals surface area contributed by atoms with Crippen LogP contribution in [0.15, 0.2) is 109 Å². The van der Waals surface area contributed by atoms with E-state index in [-0.39, 0.29) is 16.7 Å². The second-order valence-corrected chi connectivity index (χ2v) is 7.36. The SMILES string of the molecule is O=C(COC(=O)c1ccccc1C(=O)N(c1ccccc1)c1ccccc1)c1ccc(F)cc1. The average Bonchev–Trinajstić information content (AvgIpc) is 2.89. The van der Waals surface area contributed by atoms with Crippen molar-refractivity contribution in [2.24, 2.45) is 0 Å². The predicted molar refractivity (Wildman–Crippen MR) is 127 cm³/mol. The van der Waals surface area contributed by atoms with E-state index in [0.717, 1.165) is 12.1 Å². The Morgan fingerprint density at radius 3 is 1.71 bits per heavy atom. The molecule has 0 aromatic heterocycles. The number of benzene rings is 4. The molecule has 0 atom stereocenters. The number of carbonyl (C=O) groups excluding carboxylic acids is 3. The lowest BCUT2D eigenvalue weighted by molar-refractivity contribution is 0.0472. The van der Waals surface area contributed by atoms with Gasteiger partial charge in [-0.2, -0.15) is 0 Å². The van der Waals surface area contributed by atoms with Gasteiger partial charge in [-0.1, -0.05) is 48.5 Å². The van der Waals surface area contributed by atoms with Crippen LogP contribution in [0.4, 0.5) is 15.8 Å². The number of amides is 1. The highest BCUT2D eigenvalue weighted by Gasteiger charge is 2.25. The second kappa shape index (κ2) is 10.4. The van der Waals surface area contributed by atoms with Crippen molar-refractivity contribution in [3.8, 4) is 0 Å². The minimum Gasteiger partial charge on any atom is -0.454 e. The number of rotatable bonds is 7. The zero-order chi connectivity index (χ0) is 23.9. The molecule has 0 bridgehead atoms. The minimum atomic E-state index is -0.805. The van der Waals surface area contributed by atoms with Gasteiger partial charge in [-0.15, -0.1) is 0 Å². The molecule has 5 nitrogen and oxygen atoms in total. The van der Waals surface area contributed by atoms with Crippen molar-refractivity contribution in [1.29, 1.82) is 0 Å². The van der Waals surface area contributed by atoms with E-state index in [4.69, 9.17) is 4.74 Å². The summed E-state index contributed by atoms with van der Waals surface area (Å²) in [5.74, 6) is -2.18. The van der Waals surface area contributed by atoms with Gasteiger partial charge in [-0.05, 0) is 60.7 Å². The van der Waals surface area contributed by atoms with Crippen LogP contribution in [0.1, 0.15) is 31.1 Å². The number of anilines is 2. The molecule has 1 amide bonds. The van der Waals surface area contributed by atoms with E-state index >= 15 is 0 Å². The Kier molecular flexibility index (Phi) is 6.89. The fraction of sp³-hybridized carbons (Fsp3) is 0.0357. The van der Waals surface area contributed by atoms with Gasteiger partial charge in [0.25, 0.3) is 5.91 Å². The molecule has 4 aromatic rings. The Labute approximate surface area is 196 Å². The first-order chi connectivity index (χ1) is 16.5. The number of esters is 1. The van der Waals surface area contributed by atoms with Gasteiger partial charge in [0.15, 0.2) is 12.4 Å². The van der Waals surface area contributed by atoms with E-state index in [1.54, 1.807) is 42.5 Å². The number of ketones is 1. The smallest absolute Gasteiger partial charge is 0.339 e. The maximum atomic E-state index is 13.7. The summed E-state index contributed by atoms with van der Waals surface area (Å²) in [4.78, 5) is 40.4. The molecule has 4 rings (SSSR count). The van der Waals surface area contributed by atoms with E-state index in [9.17, 15) is 18.8 Å². The van der Waals surface area contributed by atoms with Gasteiger partial charge < -0.3 is 4.74 Å². The summed E-state index contributed by atoms with van der Waals surface area (Å²) in [7, 11) is 0. The van der Waals surface area contributed by atoms with Crippen molar-refractivity contribution in [2.45, 2.75) is 0 Å². The molecule has 6 heteroatoms. The summed E-state index contributed by atoms with van der Waals surface area (Å²) in [5.41, 5.74) is 1.66. The number of hydrogen-bond acceptors (Lipinski definition) is 4. The normalized spacial score (nSPS) is 10.4. The Bertz CT molecular complexity index is 1270. The van der Waals surface area contributed by atoms with Crippen molar-refractivity contribution >= 4 is 29.0 Å².